The maximum Gasteiger partial charge on any atom is 0.275 e. The normalized spacial score (nSPS) is 14.5. The Bertz CT molecular complexity index is 881. The van der Waals surface area contributed by atoms with Crippen LogP contribution in [0.2, 0.25) is 0 Å². The van der Waals surface area contributed by atoms with Gasteiger partial charge >= 0.3 is 0 Å². The largest absolute Gasteiger partial charge is 0.275 e. The number of hydrogen-bond acceptors (Lipinski definition) is 2. The third-order valence-electron chi connectivity index (χ3n) is 4.39. The van der Waals surface area contributed by atoms with Gasteiger partial charge in [-0.1, -0.05) is 42.5 Å². The second-order valence-corrected chi connectivity index (χ2v) is 5.62. The van der Waals surface area contributed by atoms with Gasteiger partial charge in [-0.2, -0.15) is 5.10 Å². The first-order chi connectivity index (χ1) is 10.3. The topological polar surface area (TPSA) is 34.9 Å². The van der Waals surface area contributed by atoms with Crippen molar-refractivity contribution in [2.75, 3.05) is 0 Å². The SMILES string of the molecule is CC(c1ccccc1)n1nc2c3c(cccc3c1=O)CC2. The molecule has 4 rings (SSSR count). The summed E-state index contributed by atoms with van der Waals surface area (Å²) in [5, 5.41) is 6.54. The molecule has 0 aliphatic heterocycles. The molecular weight excluding hydrogens is 260 g/mol. The lowest BCUT2D eigenvalue weighted by Crippen LogP contribution is -2.27. The van der Waals surface area contributed by atoms with Gasteiger partial charge in [-0.25, -0.2) is 4.68 Å². The Morgan fingerprint density at radius 3 is 2.67 bits per heavy atom. The van der Waals surface area contributed by atoms with Crippen LogP contribution in [0.4, 0.5) is 0 Å². The van der Waals surface area contributed by atoms with E-state index in [1.807, 2.05) is 49.4 Å². The van der Waals surface area contributed by atoms with E-state index in [2.05, 4.69) is 11.2 Å². The maximum absolute atomic E-state index is 12.8. The van der Waals surface area contributed by atoms with Gasteiger partial charge in [0.15, 0.2) is 0 Å². The number of hydrogen-bond donors (Lipinski definition) is 0. The molecular formula is C18H16N2O. The summed E-state index contributed by atoms with van der Waals surface area (Å²) >= 11 is 0. The Kier molecular flexibility index (Phi) is 2.67. The van der Waals surface area contributed by atoms with Crippen molar-refractivity contribution in [2.45, 2.75) is 25.8 Å². The van der Waals surface area contributed by atoms with Crippen molar-refractivity contribution in [3.05, 3.63) is 75.7 Å². The minimum atomic E-state index is -0.0522. The van der Waals surface area contributed by atoms with Gasteiger partial charge in [0.05, 0.1) is 17.1 Å². The second kappa shape index (κ2) is 4.55. The molecule has 2 aromatic carbocycles. The van der Waals surface area contributed by atoms with Crippen molar-refractivity contribution in [1.82, 2.24) is 9.78 Å². The highest BCUT2D eigenvalue weighted by Crippen LogP contribution is 2.28. The highest BCUT2D eigenvalue weighted by Gasteiger charge is 2.21. The van der Waals surface area contributed by atoms with E-state index >= 15 is 0 Å². The third kappa shape index (κ3) is 1.81. The molecule has 3 aromatic rings. The monoisotopic (exact) mass is 276 g/mol. The van der Waals surface area contributed by atoms with Crippen LogP contribution in [0.3, 0.4) is 0 Å². The molecule has 1 aromatic heterocycles. The second-order valence-electron chi connectivity index (χ2n) is 5.62. The molecule has 21 heavy (non-hydrogen) atoms. The summed E-state index contributed by atoms with van der Waals surface area (Å²) in [6, 6.07) is 16.0. The molecule has 3 heteroatoms. The predicted octanol–water partition coefficient (Wildman–Crippen LogP) is 3.10. The minimum absolute atomic E-state index is 0.00820. The first kappa shape index (κ1) is 12.3. The fraction of sp³-hybridized carbons (Fsp3) is 0.222. The average molecular weight is 276 g/mol. The summed E-state index contributed by atoms with van der Waals surface area (Å²) in [6.45, 7) is 2.03. The van der Waals surface area contributed by atoms with Crippen molar-refractivity contribution in [3.8, 4) is 0 Å². The summed E-state index contributed by atoms with van der Waals surface area (Å²) in [5.74, 6) is 0. The molecule has 0 bridgehead atoms. The fourth-order valence-electron chi connectivity index (χ4n) is 3.24. The minimum Gasteiger partial charge on any atom is -0.267 e. The Morgan fingerprint density at radius 2 is 1.86 bits per heavy atom. The van der Waals surface area contributed by atoms with E-state index < -0.39 is 0 Å². The number of aryl methyl sites for hydroxylation is 2. The molecule has 1 heterocycles. The number of aromatic nitrogens is 2. The molecule has 0 fully saturated rings. The number of nitrogens with zero attached hydrogens (tertiary/aromatic N) is 2. The Morgan fingerprint density at radius 1 is 1.05 bits per heavy atom. The van der Waals surface area contributed by atoms with Gasteiger partial charge in [-0.05, 0) is 37.0 Å². The molecule has 0 saturated heterocycles. The van der Waals surface area contributed by atoms with Crippen molar-refractivity contribution in [3.63, 3.8) is 0 Å². The van der Waals surface area contributed by atoms with Crippen LogP contribution < -0.4 is 5.56 Å². The van der Waals surface area contributed by atoms with E-state index in [1.165, 1.54) is 5.56 Å². The first-order valence-corrected chi connectivity index (χ1v) is 7.34. The highest BCUT2D eigenvalue weighted by molar-refractivity contribution is 5.88. The van der Waals surface area contributed by atoms with Gasteiger partial charge in [0.2, 0.25) is 0 Å². The molecule has 1 atom stereocenters. The molecule has 104 valence electrons. The Hall–Kier alpha value is -2.42. The van der Waals surface area contributed by atoms with Crippen LogP contribution in [0.15, 0.2) is 53.3 Å². The van der Waals surface area contributed by atoms with Crippen molar-refractivity contribution < 1.29 is 0 Å². The molecule has 1 aliphatic rings. The lowest BCUT2D eigenvalue weighted by Gasteiger charge is -2.16. The molecule has 0 saturated carbocycles. The van der Waals surface area contributed by atoms with Gasteiger partial charge in [-0.15, -0.1) is 0 Å². The molecule has 0 N–H and O–H groups in total. The van der Waals surface area contributed by atoms with E-state index in [9.17, 15) is 4.79 Å². The van der Waals surface area contributed by atoms with Gasteiger partial charge in [0.1, 0.15) is 0 Å². The van der Waals surface area contributed by atoms with E-state index in [-0.39, 0.29) is 11.6 Å². The quantitative estimate of drug-likeness (QED) is 0.721. The van der Waals surface area contributed by atoms with Crippen LogP contribution in [0.25, 0.3) is 10.8 Å². The third-order valence-corrected chi connectivity index (χ3v) is 4.39. The molecule has 0 spiro atoms. The molecule has 0 radical (unpaired) electrons. The maximum atomic E-state index is 12.8. The summed E-state index contributed by atoms with van der Waals surface area (Å²) in [6.07, 6.45) is 1.92. The van der Waals surface area contributed by atoms with Crippen LogP contribution in [-0.4, -0.2) is 9.78 Å². The van der Waals surface area contributed by atoms with Crippen molar-refractivity contribution in [1.29, 1.82) is 0 Å². The zero-order valence-corrected chi connectivity index (χ0v) is 11.9. The van der Waals surface area contributed by atoms with Gasteiger partial charge < -0.3 is 0 Å². The number of benzene rings is 2. The molecule has 3 nitrogen and oxygen atoms in total. The van der Waals surface area contributed by atoms with Gasteiger partial charge in [0.25, 0.3) is 5.56 Å². The summed E-state index contributed by atoms with van der Waals surface area (Å²) in [5.41, 5.74) is 3.43. The van der Waals surface area contributed by atoms with Gasteiger partial charge in [0, 0.05) is 5.39 Å². The zero-order valence-electron chi connectivity index (χ0n) is 11.9. The lowest BCUT2D eigenvalue weighted by atomic mass is 10.1. The van der Waals surface area contributed by atoms with Crippen LogP contribution in [0.1, 0.15) is 29.8 Å². The van der Waals surface area contributed by atoms with Crippen molar-refractivity contribution >= 4 is 10.8 Å². The van der Waals surface area contributed by atoms with E-state index in [0.717, 1.165) is 34.9 Å². The van der Waals surface area contributed by atoms with Crippen LogP contribution in [0, 0.1) is 0 Å². The fourth-order valence-corrected chi connectivity index (χ4v) is 3.24. The standard InChI is InChI=1S/C18H16N2O/c1-12(13-6-3-2-4-7-13)20-18(21)15-9-5-8-14-10-11-16(19-20)17(14)15/h2-9,12H,10-11H2,1H3. The van der Waals surface area contributed by atoms with E-state index in [4.69, 9.17) is 0 Å². The highest BCUT2D eigenvalue weighted by atomic mass is 16.1. The number of rotatable bonds is 2. The average Bonchev–Trinajstić information content (AvgIpc) is 2.95. The van der Waals surface area contributed by atoms with Crippen LogP contribution in [-0.2, 0) is 12.8 Å². The summed E-state index contributed by atoms with van der Waals surface area (Å²) < 4.78 is 1.64. The van der Waals surface area contributed by atoms with Crippen LogP contribution in [0.5, 0.6) is 0 Å². The van der Waals surface area contributed by atoms with E-state index in [0.29, 0.717) is 0 Å². The first-order valence-electron chi connectivity index (χ1n) is 7.34. The molecule has 1 unspecified atom stereocenters. The van der Waals surface area contributed by atoms with Crippen molar-refractivity contribution in [2.24, 2.45) is 0 Å². The summed E-state index contributed by atoms with van der Waals surface area (Å²) in [7, 11) is 0. The smallest absolute Gasteiger partial charge is 0.267 e. The molecule has 0 amide bonds. The zero-order chi connectivity index (χ0) is 14.4. The van der Waals surface area contributed by atoms with Gasteiger partial charge in [-0.3, -0.25) is 4.79 Å². The van der Waals surface area contributed by atoms with E-state index in [1.54, 1.807) is 4.68 Å². The molecule has 1 aliphatic carbocycles. The Labute approximate surface area is 122 Å². The predicted molar refractivity (Wildman–Crippen MR) is 83.7 cm³/mol. The Balaban J connectivity index is 1.96. The lowest BCUT2D eigenvalue weighted by molar-refractivity contribution is 0.528. The summed E-state index contributed by atoms with van der Waals surface area (Å²) in [4.78, 5) is 12.8. The van der Waals surface area contributed by atoms with Crippen LogP contribution >= 0.6 is 0 Å².